The Kier molecular flexibility index (Phi) is 3.93. The van der Waals surface area contributed by atoms with Gasteiger partial charge in [-0.05, 0) is 52.1 Å². The molecule has 0 aromatic carbocycles. The Morgan fingerprint density at radius 3 is 2.65 bits per heavy atom. The molecule has 3 aliphatic rings. The smallest absolute Gasteiger partial charge is 0.257 e. The van der Waals surface area contributed by atoms with Crippen LogP contribution in [0.4, 0.5) is 0 Å². The Labute approximate surface area is 137 Å². The maximum Gasteiger partial charge on any atom is 0.257 e. The molecule has 0 spiro atoms. The number of carbonyl (C=O) groups is 1. The predicted octanol–water partition coefficient (Wildman–Crippen LogP) is 1.75. The van der Waals surface area contributed by atoms with Gasteiger partial charge in [0.1, 0.15) is 11.5 Å². The van der Waals surface area contributed by atoms with Crippen molar-refractivity contribution < 1.29 is 14.3 Å². The summed E-state index contributed by atoms with van der Waals surface area (Å²) in [5, 5.41) is 10.4. The first kappa shape index (κ1) is 15.2. The second-order valence-electron chi connectivity index (χ2n) is 7.23. The molecule has 1 N–H and O–H groups in total. The molecule has 0 radical (unpaired) electrons. The van der Waals surface area contributed by atoms with E-state index in [1.165, 1.54) is 12.8 Å². The third kappa shape index (κ3) is 2.60. The van der Waals surface area contributed by atoms with Crippen LogP contribution < -0.4 is 0 Å². The molecular formula is C18H26N2O3. The van der Waals surface area contributed by atoms with Gasteiger partial charge in [-0.15, -0.1) is 0 Å². The van der Waals surface area contributed by atoms with Crippen LogP contribution in [-0.4, -0.2) is 59.1 Å². The van der Waals surface area contributed by atoms with Gasteiger partial charge in [0, 0.05) is 25.1 Å². The highest BCUT2D eigenvalue weighted by Crippen LogP contribution is 2.31. The molecular weight excluding hydrogens is 292 g/mol. The lowest BCUT2D eigenvalue weighted by Crippen LogP contribution is -2.41. The second kappa shape index (κ2) is 5.95. The maximum absolute atomic E-state index is 13.0. The highest BCUT2D eigenvalue weighted by molar-refractivity contribution is 5.97. The number of hydrogen-bond acceptors (Lipinski definition) is 4. The van der Waals surface area contributed by atoms with Crippen LogP contribution in [0.1, 0.15) is 53.1 Å². The maximum atomic E-state index is 13.0. The van der Waals surface area contributed by atoms with Gasteiger partial charge in [0.05, 0.1) is 17.7 Å². The molecule has 0 saturated carbocycles. The lowest BCUT2D eigenvalue weighted by Gasteiger charge is -2.25. The Morgan fingerprint density at radius 1 is 1.13 bits per heavy atom. The number of carbonyl (C=O) groups excluding carboxylic acids is 1. The molecule has 1 aromatic heterocycles. The number of amides is 1. The monoisotopic (exact) mass is 318 g/mol. The van der Waals surface area contributed by atoms with Crippen molar-refractivity contribution in [2.45, 2.75) is 57.6 Å². The Bertz CT molecular complexity index is 604. The largest absolute Gasteiger partial charge is 0.465 e. The molecule has 1 aromatic rings. The highest BCUT2D eigenvalue weighted by Gasteiger charge is 2.40. The van der Waals surface area contributed by atoms with Crippen molar-refractivity contribution in [2.75, 3.05) is 26.2 Å². The van der Waals surface area contributed by atoms with Gasteiger partial charge in [0.2, 0.25) is 0 Å². The first-order valence-electron chi connectivity index (χ1n) is 8.97. The third-order valence-corrected chi connectivity index (χ3v) is 5.72. The molecule has 5 nitrogen and oxygen atoms in total. The normalized spacial score (nSPS) is 28.3. The van der Waals surface area contributed by atoms with Gasteiger partial charge in [-0.1, -0.05) is 0 Å². The van der Waals surface area contributed by atoms with E-state index in [4.69, 9.17) is 4.42 Å². The van der Waals surface area contributed by atoms with Gasteiger partial charge < -0.3 is 14.4 Å². The molecule has 0 unspecified atom stereocenters. The topological polar surface area (TPSA) is 56.9 Å². The first-order chi connectivity index (χ1) is 11.1. The van der Waals surface area contributed by atoms with Crippen molar-refractivity contribution in [3.63, 3.8) is 0 Å². The summed E-state index contributed by atoms with van der Waals surface area (Å²) in [6, 6.07) is 0.101. The predicted molar refractivity (Wildman–Crippen MR) is 86.6 cm³/mol. The number of rotatable bonds is 2. The van der Waals surface area contributed by atoms with Crippen LogP contribution in [0.5, 0.6) is 0 Å². The Hall–Kier alpha value is -1.33. The third-order valence-electron chi connectivity index (χ3n) is 5.72. The zero-order chi connectivity index (χ0) is 16.0. The molecule has 5 heteroatoms. The van der Waals surface area contributed by atoms with Crippen molar-refractivity contribution in [1.29, 1.82) is 0 Å². The van der Waals surface area contributed by atoms with E-state index in [1.807, 2.05) is 11.8 Å². The molecule has 23 heavy (non-hydrogen) atoms. The highest BCUT2D eigenvalue weighted by atomic mass is 16.3. The first-order valence-corrected chi connectivity index (χ1v) is 8.97. The minimum absolute atomic E-state index is 0.0511. The number of fused-ring (bicyclic) bond motifs is 1. The van der Waals surface area contributed by atoms with Crippen LogP contribution in [0.2, 0.25) is 0 Å². The molecule has 0 bridgehead atoms. The number of hydrogen-bond donors (Lipinski definition) is 1. The van der Waals surface area contributed by atoms with E-state index in [2.05, 4.69) is 4.90 Å². The molecule has 3 heterocycles. The van der Waals surface area contributed by atoms with Gasteiger partial charge >= 0.3 is 0 Å². The minimum Gasteiger partial charge on any atom is -0.465 e. The molecule has 2 atom stereocenters. The summed E-state index contributed by atoms with van der Waals surface area (Å²) < 4.78 is 5.85. The second-order valence-corrected chi connectivity index (χ2v) is 7.23. The SMILES string of the molecule is Cc1oc2c(c1C(=O)N1C[C@@H](O)[C@H](N3CCCC3)C1)CCCC2. The molecule has 2 fully saturated rings. The van der Waals surface area contributed by atoms with Crippen LogP contribution in [0.15, 0.2) is 4.42 Å². The molecule has 1 aliphatic carbocycles. The van der Waals surface area contributed by atoms with E-state index < -0.39 is 6.10 Å². The quantitative estimate of drug-likeness (QED) is 0.902. The molecule has 126 valence electrons. The van der Waals surface area contributed by atoms with Crippen molar-refractivity contribution in [3.8, 4) is 0 Å². The summed E-state index contributed by atoms with van der Waals surface area (Å²) in [7, 11) is 0. The van der Waals surface area contributed by atoms with Gasteiger partial charge in [0.25, 0.3) is 5.91 Å². The molecule has 2 saturated heterocycles. The average molecular weight is 318 g/mol. The summed E-state index contributed by atoms with van der Waals surface area (Å²) in [6.45, 7) is 5.07. The van der Waals surface area contributed by atoms with Crippen LogP contribution >= 0.6 is 0 Å². The van der Waals surface area contributed by atoms with E-state index >= 15 is 0 Å². The van der Waals surface area contributed by atoms with E-state index in [-0.39, 0.29) is 11.9 Å². The van der Waals surface area contributed by atoms with E-state index in [0.717, 1.165) is 61.4 Å². The number of aliphatic hydroxyl groups is 1. The van der Waals surface area contributed by atoms with Gasteiger partial charge in [-0.25, -0.2) is 0 Å². The minimum atomic E-state index is -0.430. The number of nitrogens with zero attached hydrogens (tertiary/aromatic N) is 2. The summed E-state index contributed by atoms with van der Waals surface area (Å²) >= 11 is 0. The van der Waals surface area contributed by atoms with Crippen LogP contribution in [0.3, 0.4) is 0 Å². The fourth-order valence-corrected chi connectivity index (χ4v) is 4.51. The number of furan rings is 1. The molecule has 4 rings (SSSR count). The summed E-state index contributed by atoms with van der Waals surface area (Å²) in [5.74, 6) is 1.81. The van der Waals surface area contributed by atoms with Gasteiger partial charge in [-0.3, -0.25) is 9.69 Å². The Balaban J connectivity index is 1.55. The van der Waals surface area contributed by atoms with Crippen molar-refractivity contribution in [3.05, 3.63) is 22.6 Å². The number of aryl methyl sites for hydroxylation is 2. The van der Waals surface area contributed by atoms with Crippen molar-refractivity contribution >= 4 is 5.91 Å². The molecule has 1 amide bonds. The lowest BCUT2D eigenvalue weighted by atomic mass is 9.94. The standard InChI is InChI=1S/C18H26N2O3/c1-12-17(13-6-2-3-7-16(13)23-12)18(22)20-10-14(15(21)11-20)19-8-4-5-9-19/h14-15,21H,2-11H2,1H3/t14-,15-/m1/s1. The Morgan fingerprint density at radius 2 is 1.87 bits per heavy atom. The summed E-state index contributed by atoms with van der Waals surface area (Å²) in [4.78, 5) is 17.2. The van der Waals surface area contributed by atoms with Crippen LogP contribution in [-0.2, 0) is 12.8 Å². The number of β-amino-alcohol motifs (C(OH)–C–C–N with tert-alkyl or cyclic N) is 1. The average Bonchev–Trinajstić information content (AvgIpc) is 3.23. The van der Waals surface area contributed by atoms with Gasteiger partial charge in [-0.2, -0.15) is 0 Å². The zero-order valence-corrected chi connectivity index (χ0v) is 13.9. The lowest BCUT2D eigenvalue weighted by molar-refractivity contribution is 0.0760. The van der Waals surface area contributed by atoms with E-state index in [0.29, 0.717) is 13.1 Å². The van der Waals surface area contributed by atoms with Crippen molar-refractivity contribution in [2.24, 2.45) is 0 Å². The van der Waals surface area contributed by atoms with Crippen LogP contribution in [0, 0.1) is 6.92 Å². The summed E-state index contributed by atoms with van der Waals surface area (Å²) in [5.41, 5.74) is 1.90. The fraction of sp³-hybridized carbons (Fsp3) is 0.722. The van der Waals surface area contributed by atoms with E-state index in [9.17, 15) is 9.90 Å². The number of aliphatic hydroxyl groups excluding tert-OH is 1. The number of likely N-dealkylation sites (tertiary alicyclic amines) is 2. The van der Waals surface area contributed by atoms with E-state index in [1.54, 1.807) is 0 Å². The van der Waals surface area contributed by atoms with Crippen LogP contribution in [0.25, 0.3) is 0 Å². The van der Waals surface area contributed by atoms with Crippen molar-refractivity contribution in [1.82, 2.24) is 9.80 Å². The zero-order valence-electron chi connectivity index (χ0n) is 13.9. The molecule has 2 aliphatic heterocycles. The van der Waals surface area contributed by atoms with Gasteiger partial charge in [0.15, 0.2) is 0 Å². The summed E-state index contributed by atoms with van der Waals surface area (Å²) in [6.07, 6.45) is 6.14. The fourth-order valence-electron chi connectivity index (χ4n) is 4.51.